The highest BCUT2D eigenvalue weighted by Gasteiger charge is 2.10. The van der Waals surface area contributed by atoms with Crippen molar-refractivity contribution < 1.29 is 4.79 Å². The smallest absolute Gasteiger partial charge is 0.239 e. The van der Waals surface area contributed by atoms with Gasteiger partial charge in [0.2, 0.25) is 5.91 Å². The van der Waals surface area contributed by atoms with Crippen molar-refractivity contribution in [2.24, 2.45) is 0 Å². The van der Waals surface area contributed by atoms with Gasteiger partial charge in [0.05, 0.1) is 6.54 Å². The molecule has 1 aromatic carbocycles. The van der Waals surface area contributed by atoms with Crippen LogP contribution in [0.4, 0.5) is 5.69 Å². The highest BCUT2D eigenvalue weighted by Crippen LogP contribution is 2.23. The molecule has 0 saturated heterocycles. The number of halogens is 1. The summed E-state index contributed by atoms with van der Waals surface area (Å²) >= 11 is 6.31. The maximum atomic E-state index is 11.8. The molecule has 0 bridgehead atoms. The number of amides is 1. The second-order valence-electron chi connectivity index (χ2n) is 5.53. The minimum absolute atomic E-state index is 0.0114. The monoisotopic (exact) mass is 311 g/mol. The number of carbonyl (C=O) groups excluding carboxylic acids is 1. The second kappa shape index (κ2) is 8.90. The molecule has 0 aliphatic heterocycles. The summed E-state index contributed by atoms with van der Waals surface area (Å²) in [4.78, 5) is 13.7. The van der Waals surface area contributed by atoms with E-state index in [0.29, 0.717) is 6.54 Å². The zero-order valence-corrected chi connectivity index (χ0v) is 14.1. The summed E-state index contributed by atoms with van der Waals surface area (Å²) in [7, 11) is 1.89. The Kier molecular flexibility index (Phi) is 7.54. The molecule has 1 rings (SSSR count). The van der Waals surface area contributed by atoms with Crippen LogP contribution >= 0.6 is 11.6 Å². The van der Waals surface area contributed by atoms with E-state index in [1.807, 2.05) is 44.0 Å². The number of nitrogens with zero attached hydrogens (tertiary/aromatic N) is 1. The standard InChI is InChI=1S/C16H26ClN3O/c1-5-8-18-10-13-6-7-14(9-15(13)17)20(4)11-16(21)19-12(2)3/h6-7,9,12,18H,5,8,10-11H2,1-4H3,(H,19,21). The van der Waals surface area contributed by atoms with E-state index in [1.54, 1.807) is 0 Å². The number of benzene rings is 1. The lowest BCUT2D eigenvalue weighted by atomic mass is 10.2. The van der Waals surface area contributed by atoms with Crippen molar-refractivity contribution in [1.29, 1.82) is 0 Å². The van der Waals surface area contributed by atoms with E-state index < -0.39 is 0 Å². The highest BCUT2D eigenvalue weighted by molar-refractivity contribution is 6.31. The average molecular weight is 312 g/mol. The van der Waals surface area contributed by atoms with E-state index in [4.69, 9.17) is 11.6 Å². The molecule has 2 N–H and O–H groups in total. The zero-order chi connectivity index (χ0) is 15.8. The fourth-order valence-corrected chi connectivity index (χ4v) is 2.23. The largest absolute Gasteiger partial charge is 0.365 e. The van der Waals surface area contributed by atoms with Crippen LogP contribution in [0.3, 0.4) is 0 Å². The Hall–Kier alpha value is -1.26. The summed E-state index contributed by atoms with van der Waals surface area (Å²) < 4.78 is 0. The van der Waals surface area contributed by atoms with E-state index >= 15 is 0 Å². The molecule has 1 amide bonds. The number of nitrogens with one attached hydrogen (secondary N) is 2. The molecule has 0 saturated carbocycles. The highest BCUT2D eigenvalue weighted by atomic mass is 35.5. The van der Waals surface area contributed by atoms with Gasteiger partial charge in [0.1, 0.15) is 0 Å². The van der Waals surface area contributed by atoms with Gasteiger partial charge in [-0.1, -0.05) is 24.6 Å². The first kappa shape index (κ1) is 17.8. The van der Waals surface area contributed by atoms with Gasteiger partial charge >= 0.3 is 0 Å². The lowest BCUT2D eigenvalue weighted by Gasteiger charge is -2.20. The van der Waals surface area contributed by atoms with Crippen LogP contribution in [-0.4, -0.2) is 32.1 Å². The molecule has 5 heteroatoms. The molecule has 0 aliphatic rings. The number of anilines is 1. The summed E-state index contributed by atoms with van der Waals surface area (Å²) in [6, 6.07) is 6.07. The van der Waals surface area contributed by atoms with Gasteiger partial charge in [-0.3, -0.25) is 4.79 Å². The van der Waals surface area contributed by atoms with Crippen LogP contribution < -0.4 is 15.5 Å². The van der Waals surface area contributed by atoms with Crippen LogP contribution in [0.15, 0.2) is 18.2 Å². The van der Waals surface area contributed by atoms with Crippen molar-refractivity contribution >= 4 is 23.2 Å². The SMILES string of the molecule is CCCNCc1ccc(N(C)CC(=O)NC(C)C)cc1Cl. The van der Waals surface area contributed by atoms with Gasteiger partial charge in [-0.15, -0.1) is 0 Å². The van der Waals surface area contributed by atoms with E-state index in [9.17, 15) is 4.79 Å². The maximum absolute atomic E-state index is 11.8. The molecule has 0 heterocycles. The van der Waals surface area contributed by atoms with E-state index in [2.05, 4.69) is 17.6 Å². The first-order valence-corrected chi connectivity index (χ1v) is 7.81. The molecular weight excluding hydrogens is 286 g/mol. The van der Waals surface area contributed by atoms with E-state index in [0.717, 1.165) is 35.8 Å². The predicted molar refractivity (Wildman–Crippen MR) is 90.0 cm³/mol. The van der Waals surface area contributed by atoms with Gasteiger partial charge in [0, 0.05) is 30.3 Å². The van der Waals surface area contributed by atoms with E-state index in [1.165, 1.54) is 0 Å². The molecule has 0 aromatic heterocycles. The van der Waals surface area contributed by atoms with Gasteiger partial charge in [0.15, 0.2) is 0 Å². The summed E-state index contributed by atoms with van der Waals surface area (Å²) in [5, 5.41) is 6.94. The van der Waals surface area contributed by atoms with Crippen molar-refractivity contribution in [2.75, 3.05) is 25.0 Å². The van der Waals surface area contributed by atoms with Gasteiger partial charge in [-0.2, -0.15) is 0 Å². The van der Waals surface area contributed by atoms with Crippen molar-refractivity contribution in [1.82, 2.24) is 10.6 Å². The first-order valence-electron chi connectivity index (χ1n) is 7.43. The van der Waals surface area contributed by atoms with Crippen molar-refractivity contribution in [3.05, 3.63) is 28.8 Å². The molecule has 0 radical (unpaired) electrons. The van der Waals surface area contributed by atoms with Crippen molar-refractivity contribution in [3.8, 4) is 0 Å². The number of hydrogen-bond donors (Lipinski definition) is 2. The van der Waals surface area contributed by atoms with E-state index in [-0.39, 0.29) is 11.9 Å². The lowest BCUT2D eigenvalue weighted by Crippen LogP contribution is -2.38. The molecule has 4 nitrogen and oxygen atoms in total. The topological polar surface area (TPSA) is 44.4 Å². The summed E-state index contributed by atoms with van der Waals surface area (Å²) in [5.74, 6) is 0.0114. The third kappa shape index (κ3) is 6.36. The van der Waals surface area contributed by atoms with Gasteiger partial charge < -0.3 is 15.5 Å². The molecule has 1 aromatic rings. The Morgan fingerprint density at radius 2 is 2.10 bits per heavy atom. The molecule has 118 valence electrons. The normalized spacial score (nSPS) is 10.8. The fraction of sp³-hybridized carbons (Fsp3) is 0.562. The Bertz CT molecular complexity index is 463. The van der Waals surface area contributed by atoms with Crippen LogP contribution in [0.25, 0.3) is 0 Å². The Morgan fingerprint density at radius 1 is 1.38 bits per heavy atom. The van der Waals surface area contributed by atoms with Gasteiger partial charge in [0.25, 0.3) is 0 Å². The van der Waals surface area contributed by atoms with Crippen LogP contribution in [0, 0.1) is 0 Å². The average Bonchev–Trinajstić information content (AvgIpc) is 2.39. The summed E-state index contributed by atoms with van der Waals surface area (Å²) in [6.07, 6.45) is 1.10. The Labute approximate surface area is 132 Å². The molecule has 0 atom stereocenters. The molecule has 0 spiro atoms. The zero-order valence-electron chi connectivity index (χ0n) is 13.4. The summed E-state index contributed by atoms with van der Waals surface area (Å²) in [5.41, 5.74) is 2.02. The third-order valence-electron chi connectivity index (χ3n) is 3.05. The van der Waals surface area contributed by atoms with Crippen LogP contribution in [0.2, 0.25) is 5.02 Å². The number of rotatable bonds is 8. The maximum Gasteiger partial charge on any atom is 0.239 e. The predicted octanol–water partition coefficient (Wildman–Crippen LogP) is 2.80. The van der Waals surface area contributed by atoms with Crippen molar-refractivity contribution in [3.63, 3.8) is 0 Å². The molecular formula is C16H26ClN3O. The molecule has 21 heavy (non-hydrogen) atoms. The Balaban J connectivity index is 2.63. The van der Waals surface area contributed by atoms with Gasteiger partial charge in [-0.05, 0) is 44.5 Å². The van der Waals surface area contributed by atoms with Crippen LogP contribution in [0.1, 0.15) is 32.8 Å². The fourth-order valence-electron chi connectivity index (χ4n) is 1.99. The minimum atomic E-state index is 0.0114. The quantitative estimate of drug-likeness (QED) is 0.726. The van der Waals surface area contributed by atoms with Gasteiger partial charge in [-0.25, -0.2) is 0 Å². The number of likely N-dealkylation sites (N-methyl/N-ethyl adjacent to an activating group) is 1. The molecule has 0 fully saturated rings. The number of hydrogen-bond acceptors (Lipinski definition) is 3. The second-order valence-corrected chi connectivity index (χ2v) is 5.94. The molecule has 0 aliphatic carbocycles. The molecule has 0 unspecified atom stereocenters. The van der Waals surface area contributed by atoms with Crippen LogP contribution in [0.5, 0.6) is 0 Å². The first-order chi connectivity index (χ1) is 9.93. The lowest BCUT2D eigenvalue weighted by molar-refractivity contribution is -0.120. The third-order valence-corrected chi connectivity index (χ3v) is 3.40. The Morgan fingerprint density at radius 3 is 2.67 bits per heavy atom. The summed E-state index contributed by atoms with van der Waals surface area (Å²) in [6.45, 7) is 8.11. The van der Waals surface area contributed by atoms with Crippen LogP contribution in [-0.2, 0) is 11.3 Å². The van der Waals surface area contributed by atoms with Crippen molar-refractivity contribution in [2.45, 2.75) is 39.8 Å². The minimum Gasteiger partial charge on any atom is -0.365 e. The number of carbonyl (C=O) groups is 1.